The number of amides is 1. The highest BCUT2D eigenvalue weighted by atomic mass is 16.6. The predicted octanol–water partition coefficient (Wildman–Crippen LogP) is 1.91. The highest BCUT2D eigenvalue weighted by Crippen LogP contribution is 2.21. The van der Waals surface area contributed by atoms with E-state index in [9.17, 15) is 4.79 Å². The molecule has 2 heterocycles. The van der Waals surface area contributed by atoms with Gasteiger partial charge in [0.1, 0.15) is 5.60 Å². The van der Waals surface area contributed by atoms with E-state index in [1.54, 1.807) is 0 Å². The van der Waals surface area contributed by atoms with E-state index in [1.165, 1.54) is 6.42 Å². The van der Waals surface area contributed by atoms with Gasteiger partial charge in [0.05, 0.1) is 12.6 Å². The van der Waals surface area contributed by atoms with Crippen LogP contribution in [0.4, 0.5) is 4.79 Å². The van der Waals surface area contributed by atoms with Crippen molar-refractivity contribution in [3.05, 3.63) is 11.7 Å². The molecule has 7 heteroatoms. The summed E-state index contributed by atoms with van der Waals surface area (Å²) in [5.41, 5.74) is -0.515. The van der Waals surface area contributed by atoms with Gasteiger partial charge in [-0.3, -0.25) is 0 Å². The summed E-state index contributed by atoms with van der Waals surface area (Å²) in [5.74, 6) is 1.05. The van der Waals surface area contributed by atoms with E-state index in [1.807, 2.05) is 20.8 Å². The Morgan fingerprint density at radius 2 is 2.30 bits per heavy atom. The molecule has 1 aromatic heterocycles. The minimum absolute atomic E-state index is 0.131. The summed E-state index contributed by atoms with van der Waals surface area (Å²) in [6.07, 6.45) is 2.85. The fourth-order valence-electron chi connectivity index (χ4n) is 2.01. The molecule has 20 heavy (non-hydrogen) atoms. The van der Waals surface area contributed by atoms with Crippen LogP contribution in [0.1, 0.15) is 57.8 Å². The van der Waals surface area contributed by atoms with Crippen LogP contribution >= 0.6 is 0 Å². The van der Waals surface area contributed by atoms with Crippen LogP contribution in [0, 0.1) is 0 Å². The number of rotatable bonds is 3. The molecular formula is C13H22N4O3. The van der Waals surface area contributed by atoms with E-state index in [4.69, 9.17) is 9.26 Å². The molecule has 7 nitrogen and oxygen atoms in total. The Morgan fingerprint density at radius 3 is 2.95 bits per heavy atom. The molecule has 1 aliphatic rings. The third-order valence-electron chi connectivity index (χ3n) is 2.88. The van der Waals surface area contributed by atoms with Crippen molar-refractivity contribution in [2.45, 2.75) is 58.2 Å². The second-order valence-corrected chi connectivity index (χ2v) is 5.91. The van der Waals surface area contributed by atoms with Gasteiger partial charge in [0, 0.05) is 0 Å². The van der Waals surface area contributed by atoms with E-state index >= 15 is 0 Å². The number of nitrogens with one attached hydrogen (secondary N) is 2. The first-order valence-corrected chi connectivity index (χ1v) is 6.97. The minimum atomic E-state index is -0.515. The summed E-state index contributed by atoms with van der Waals surface area (Å²) in [5, 5.41) is 9.80. The van der Waals surface area contributed by atoms with Crippen LogP contribution in [0.5, 0.6) is 0 Å². The lowest BCUT2D eigenvalue weighted by Gasteiger charge is -2.19. The van der Waals surface area contributed by atoms with Gasteiger partial charge in [0.25, 0.3) is 0 Å². The maximum Gasteiger partial charge on any atom is 0.408 e. The van der Waals surface area contributed by atoms with E-state index in [0.717, 1.165) is 19.4 Å². The van der Waals surface area contributed by atoms with Crippen LogP contribution in [-0.4, -0.2) is 28.4 Å². The second-order valence-electron chi connectivity index (χ2n) is 5.91. The van der Waals surface area contributed by atoms with Gasteiger partial charge >= 0.3 is 6.09 Å². The first kappa shape index (κ1) is 14.8. The van der Waals surface area contributed by atoms with Gasteiger partial charge in [0.2, 0.25) is 5.89 Å². The summed E-state index contributed by atoms with van der Waals surface area (Å²) in [7, 11) is 0. The Labute approximate surface area is 118 Å². The molecule has 1 amide bonds. The van der Waals surface area contributed by atoms with Gasteiger partial charge in [-0.1, -0.05) is 11.6 Å². The molecule has 1 unspecified atom stereocenters. The maximum atomic E-state index is 11.5. The van der Waals surface area contributed by atoms with Crippen molar-refractivity contribution in [1.29, 1.82) is 0 Å². The summed E-state index contributed by atoms with van der Waals surface area (Å²) >= 11 is 0. The number of hydrogen-bond donors (Lipinski definition) is 2. The lowest BCUT2D eigenvalue weighted by molar-refractivity contribution is 0.0522. The number of nitrogens with zero attached hydrogens (tertiary/aromatic N) is 2. The largest absolute Gasteiger partial charge is 0.444 e. The highest BCUT2D eigenvalue weighted by Gasteiger charge is 2.21. The van der Waals surface area contributed by atoms with Gasteiger partial charge in [-0.2, -0.15) is 4.98 Å². The van der Waals surface area contributed by atoms with Crippen LogP contribution in [0.25, 0.3) is 0 Å². The van der Waals surface area contributed by atoms with Crippen molar-refractivity contribution in [2.24, 2.45) is 0 Å². The molecule has 1 fully saturated rings. The number of hydrogen-bond acceptors (Lipinski definition) is 6. The quantitative estimate of drug-likeness (QED) is 0.880. The summed E-state index contributed by atoms with van der Waals surface area (Å²) < 4.78 is 10.4. The smallest absolute Gasteiger partial charge is 0.408 e. The van der Waals surface area contributed by atoms with Gasteiger partial charge < -0.3 is 19.9 Å². The topological polar surface area (TPSA) is 89.3 Å². The van der Waals surface area contributed by atoms with Crippen molar-refractivity contribution >= 4 is 6.09 Å². The summed E-state index contributed by atoms with van der Waals surface area (Å²) in [6.45, 7) is 6.61. The van der Waals surface area contributed by atoms with Crippen LogP contribution in [0.15, 0.2) is 4.52 Å². The summed E-state index contributed by atoms with van der Waals surface area (Å²) in [4.78, 5) is 15.8. The van der Waals surface area contributed by atoms with Crippen molar-refractivity contribution in [3.8, 4) is 0 Å². The molecule has 0 aromatic carbocycles. The number of alkyl carbamates (subject to hydrolysis) is 1. The Hall–Kier alpha value is -1.63. The van der Waals surface area contributed by atoms with Crippen LogP contribution in [-0.2, 0) is 11.3 Å². The molecule has 112 valence electrons. The lowest BCUT2D eigenvalue weighted by Crippen LogP contribution is -2.32. The van der Waals surface area contributed by atoms with Gasteiger partial charge in [-0.05, 0) is 40.2 Å². The van der Waals surface area contributed by atoms with E-state index in [-0.39, 0.29) is 12.6 Å². The van der Waals surface area contributed by atoms with E-state index < -0.39 is 11.7 Å². The van der Waals surface area contributed by atoms with Crippen molar-refractivity contribution < 1.29 is 14.1 Å². The average Bonchev–Trinajstić information content (AvgIpc) is 2.84. The number of carbonyl (C=O) groups is 1. The SMILES string of the molecule is CC(C)(C)OC(=O)NCc1noc(C2CCCCN2)n1. The number of ether oxygens (including phenoxy) is 1. The fourth-order valence-corrected chi connectivity index (χ4v) is 2.01. The third-order valence-corrected chi connectivity index (χ3v) is 2.88. The molecule has 2 N–H and O–H groups in total. The van der Waals surface area contributed by atoms with Gasteiger partial charge in [0.15, 0.2) is 5.82 Å². The molecular weight excluding hydrogens is 260 g/mol. The van der Waals surface area contributed by atoms with Crippen molar-refractivity contribution in [3.63, 3.8) is 0 Å². The standard InChI is InChI=1S/C13H22N4O3/c1-13(2,3)19-12(18)15-8-10-16-11(20-17-10)9-6-4-5-7-14-9/h9,14H,4-8H2,1-3H3,(H,15,18). The molecule has 1 aromatic rings. The normalized spacial score (nSPS) is 19.6. The molecule has 0 radical (unpaired) electrons. The molecule has 1 atom stereocenters. The van der Waals surface area contributed by atoms with Crippen molar-refractivity contribution in [2.75, 3.05) is 6.54 Å². The third kappa shape index (κ3) is 4.48. The first-order chi connectivity index (χ1) is 9.44. The zero-order chi connectivity index (χ0) is 14.6. The van der Waals surface area contributed by atoms with E-state index in [2.05, 4.69) is 20.8 Å². The summed E-state index contributed by atoms with van der Waals surface area (Å²) in [6, 6.07) is 0.131. The average molecular weight is 282 g/mol. The Kier molecular flexibility index (Phi) is 4.59. The first-order valence-electron chi connectivity index (χ1n) is 6.97. The number of piperidine rings is 1. The van der Waals surface area contributed by atoms with Crippen molar-refractivity contribution in [1.82, 2.24) is 20.8 Å². The van der Waals surface area contributed by atoms with Gasteiger partial charge in [-0.15, -0.1) is 0 Å². The second kappa shape index (κ2) is 6.21. The Morgan fingerprint density at radius 1 is 1.50 bits per heavy atom. The Bertz CT molecular complexity index is 447. The number of carbonyl (C=O) groups excluding carboxylic acids is 1. The maximum absolute atomic E-state index is 11.5. The molecule has 2 rings (SSSR count). The Balaban J connectivity index is 1.82. The molecule has 0 bridgehead atoms. The number of aromatic nitrogens is 2. The zero-order valence-electron chi connectivity index (χ0n) is 12.2. The lowest BCUT2D eigenvalue weighted by atomic mass is 10.1. The molecule has 0 spiro atoms. The molecule has 1 aliphatic heterocycles. The molecule has 0 aliphatic carbocycles. The van der Waals surface area contributed by atoms with Crippen LogP contribution < -0.4 is 10.6 Å². The van der Waals surface area contributed by atoms with Crippen LogP contribution in [0.2, 0.25) is 0 Å². The van der Waals surface area contributed by atoms with E-state index in [0.29, 0.717) is 11.7 Å². The predicted molar refractivity (Wildman–Crippen MR) is 72.0 cm³/mol. The fraction of sp³-hybridized carbons (Fsp3) is 0.769. The molecule has 1 saturated heterocycles. The van der Waals surface area contributed by atoms with Crippen LogP contribution in [0.3, 0.4) is 0 Å². The monoisotopic (exact) mass is 282 g/mol. The molecule has 0 saturated carbocycles. The van der Waals surface area contributed by atoms with Gasteiger partial charge in [-0.25, -0.2) is 4.79 Å². The zero-order valence-corrected chi connectivity index (χ0v) is 12.2. The minimum Gasteiger partial charge on any atom is -0.444 e. The highest BCUT2D eigenvalue weighted by molar-refractivity contribution is 5.67.